The molecule has 0 aliphatic carbocycles. The summed E-state index contributed by atoms with van der Waals surface area (Å²) in [5.41, 5.74) is 0.900. The Balaban J connectivity index is 2.58. The molecule has 1 amide bonds. The Bertz CT molecular complexity index is 454. The second-order valence-electron chi connectivity index (χ2n) is 6.25. The summed E-state index contributed by atoms with van der Waals surface area (Å²) in [6.45, 7) is 8.67. The van der Waals surface area contributed by atoms with Gasteiger partial charge in [-0.15, -0.1) is 0 Å². The Morgan fingerprint density at radius 1 is 1.42 bits per heavy atom. The van der Waals surface area contributed by atoms with Gasteiger partial charge in [0.25, 0.3) is 0 Å². The van der Waals surface area contributed by atoms with Crippen molar-refractivity contribution >= 4 is 39.1 Å². The quantitative estimate of drug-likeness (QED) is 0.766. The molecule has 0 saturated heterocycles. The molecule has 1 atom stereocenters. The highest BCUT2D eigenvalue weighted by molar-refractivity contribution is 9.10. The third kappa shape index (κ3) is 6.44. The Kier molecular flexibility index (Phi) is 5.87. The Labute approximate surface area is 129 Å². The zero-order valence-corrected chi connectivity index (χ0v) is 14.2. The van der Waals surface area contributed by atoms with Crippen LogP contribution in [0.2, 0.25) is 5.02 Å². The van der Waals surface area contributed by atoms with Gasteiger partial charge in [-0.2, -0.15) is 0 Å². The van der Waals surface area contributed by atoms with Gasteiger partial charge < -0.3 is 5.32 Å². The van der Waals surface area contributed by atoms with Gasteiger partial charge in [0.2, 0.25) is 5.91 Å². The van der Waals surface area contributed by atoms with E-state index in [1.165, 1.54) is 0 Å². The van der Waals surface area contributed by atoms with Crippen LogP contribution in [-0.2, 0) is 4.79 Å². The van der Waals surface area contributed by atoms with Gasteiger partial charge in [0.15, 0.2) is 0 Å². The minimum absolute atomic E-state index is 0.0109. The number of hydrogen-bond donors (Lipinski definition) is 1. The normalized spacial score (nSPS) is 13.2. The van der Waals surface area contributed by atoms with Gasteiger partial charge in [0.1, 0.15) is 0 Å². The molecule has 0 fully saturated rings. The molecule has 1 N–H and O–H groups in total. The second kappa shape index (κ2) is 6.76. The highest BCUT2D eigenvalue weighted by atomic mass is 79.9. The second-order valence-corrected chi connectivity index (χ2v) is 7.57. The van der Waals surface area contributed by atoms with Crippen molar-refractivity contribution in [3.63, 3.8) is 0 Å². The topological polar surface area (TPSA) is 29.1 Å². The standard InChI is InChI=1S/C15H21BrClNO/c1-10(9-15(2,3)4)7-14(19)18-13-8-11(16)5-6-12(13)17/h5-6,8,10H,7,9H2,1-4H3,(H,18,19). The summed E-state index contributed by atoms with van der Waals surface area (Å²) in [6, 6.07) is 5.43. The van der Waals surface area contributed by atoms with Crippen LogP contribution in [0.3, 0.4) is 0 Å². The van der Waals surface area contributed by atoms with E-state index >= 15 is 0 Å². The van der Waals surface area contributed by atoms with Crippen LogP contribution in [0.15, 0.2) is 22.7 Å². The van der Waals surface area contributed by atoms with Gasteiger partial charge in [-0.25, -0.2) is 0 Å². The first-order valence-corrected chi connectivity index (χ1v) is 7.59. The van der Waals surface area contributed by atoms with Gasteiger partial charge in [-0.05, 0) is 36.0 Å². The predicted octanol–water partition coefficient (Wildman–Crippen LogP) is 5.50. The van der Waals surface area contributed by atoms with E-state index in [4.69, 9.17) is 11.6 Å². The molecule has 0 bridgehead atoms. The molecule has 0 heterocycles. The lowest BCUT2D eigenvalue weighted by Crippen LogP contribution is -2.19. The lowest BCUT2D eigenvalue weighted by Gasteiger charge is -2.22. The lowest BCUT2D eigenvalue weighted by molar-refractivity contribution is -0.117. The third-order valence-corrected chi connectivity index (χ3v) is 3.52. The van der Waals surface area contributed by atoms with E-state index in [1.807, 2.05) is 12.1 Å². The zero-order chi connectivity index (χ0) is 14.6. The summed E-state index contributed by atoms with van der Waals surface area (Å²) < 4.78 is 0.898. The van der Waals surface area contributed by atoms with E-state index in [2.05, 4.69) is 48.9 Å². The first-order valence-electron chi connectivity index (χ1n) is 6.42. The molecule has 4 heteroatoms. The van der Waals surface area contributed by atoms with E-state index in [-0.39, 0.29) is 11.3 Å². The third-order valence-electron chi connectivity index (χ3n) is 2.70. The van der Waals surface area contributed by atoms with Crippen molar-refractivity contribution < 1.29 is 4.79 Å². The van der Waals surface area contributed by atoms with Gasteiger partial charge in [-0.1, -0.05) is 55.2 Å². The maximum absolute atomic E-state index is 12.0. The van der Waals surface area contributed by atoms with Gasteiger partial charge in [0.05, 0.1) is 10.7 Å². The van der Waals surface area contributed by atoms with Crippen molar-refractivity contribution in [1.82, 2.24) is 0 Å². The van der Waals surface area contributed by atoms with Crippen LogP contribution in [0.25, 0.3) is 0 Å². The van der Waals surface area contributed by atoms with Crippen LogP contribution in [0.4, 0.5) is 5.69 Å². The number of halogens is 2. The van der Waals surface area contributed by atoms with Crippen LogP contribution in [-0.4, -0.2) is 5.91 Å². The van der Waals surface area contributed by atoms with Crippen LogP contribution in [0.1, 0.15) is 40.5 Å². The fourth-order valence-electron chi connectivity index (χ4n) is 2.23. The minimum atomic E-state index is 0.0109. The first-order chi connectivity index (χ1) is 8.67. The van der Waals surface area contributed by atoms with E-state index in [0.29, 0.717) is 23.0 Å². The van der Waals surface area contributed by atoms with E-state index in [1.54, 1.807) is 6.07 Å². The number of benzene rings is 1. The number of amides is 1. The van der Waals surface area contributed by atoms with Gasteiger partial charge in [0, 0.05) is 10.9 Å². The highest BCUT2D eigenvalue weighted by Crippen LogP contribution is 2.28. The van der Waals surface area contributed by atoms with E-state index in [9.17, 15) is 4.79 Å². The Morgan fingerprint density at radius 2 is 2.05 bits per heavy atom. The predicted molar refractivity (Wildman–Crippen MR) is 85.6 cm³/mol. The zero-order valence-electron chi connectivity index (χ0n) is 11.9. The molecular weight excluding hydrogens is 326 g/mol. The highest BCUT2D eigenvalue weighted by Gasteiger charge is 2.18. The largest absolute Gasteiger partial charge is 0.325 e. The van der Waals surface area contributed by atoms with Crippen LogP contribution in [0, 0.1) is 11.3 Å². The molecule has 1 aromatic rings. The first kappa shape index (κ1) is 16.5. The van der Waals surface area contributed by atoms with Gasteiger partial charge in [-0.3, -0.25) is 4.79 Å². The van der Waals surface area contributed by atoms with Crippen molar-refractivity contribution in [3.05, 3.63) is 27.7 Å². The lowest BCUT2D eigenvalue weighted by atomic mass is 9.84. The molecule has 1 aromatic carbocycles. The Morgan fingerprint density at radius 3 is 2.63 bits per heavy atom. The summed E-state index contributed by atoms with van der Waals surface area (Å²) in [6.07, 6.45) is 1.53. The molecule has 2 nitrogen and oxygen atoms in total. The number of nitrogens with one attached hydrogen (secondary N) is 1. The molecule has 1 rings (SSSR count). The van der Waals surface area contributed by atoms with Crippen molar-refractivity contribution in [2.45, 2.75) is 40.5 Å². The van der Waals surface area contributed by atoms with E-state index < -0.39 is 0 Å². The molecule has 106 valence electrons. The van der Waals surface area contributed by atoms with Crippen LogP contribution < -0.4 is 5.32 Å². The fraction of sp³-hybridized carbons (Fsp3) is 0.533. The summed E-state index contributed by atoms with van der Waals surface area (Å²) >= 11 is 9.41. The molecule has 0 saturated carbocycles. The van der Waals surface area contributed by atoms with E-state index in [0.717, 1.165) is 10.9 Å². The molecule has 0 aromatic heterocycles. The number of carbonyl (C=O) groups excluding carboxylic acids is 1. The van der Waals surface area contributed by atoms with Crippen molar-refractivity contribution in [2.24, 2.45) is 11.3 Å². The number of rotatable bonds is 4. The molecule has 19 heavy (non-hydrogen) atoms. The summed E-state index contributed by atoms with van der Waals surface area (Å²) in [4.78, 5) is 12.0. The smallest absolute Gasteiger partial charge is 0.224 e. The molecule has 0 aliphatic heterocycles. The summed E-state index contributed by atoms with van der Waals surface area (Å²) in [7, 11) is 0. The van der Waals surface area contributed by atoms with Gasteiger partial charge >= 0.3 is 0 Å². The minimum Gasteiger partial charge on any atom is -0.325 e. The molecule has 0 aliphatic rings. The SMILES string of the molecule is CC(CC(=O)Nc1cc(Br)ccc1Cl)CC(C)(C)C. The maximum atomic E-state index is 12.0. The maximum Gasteiger partial charge on any atom is 0.224 e. The number of anilines is 1. The average Bonchev–Trinajstić information content (AvgIpc) is 2.20. The van der Waals surface area contributed by atoms with Crippen molar-refractivity contribution in [2.75, 3.05) is 5.32 Å². The number of hydrogen-bond acceptors (Lipinski definition) is 1. The molecule has 1 unspecified atom stereocenters. The average molecular weight is 347 g/mol. The summed E-state index contributed by atoms with van der Waals surface area (Å²) in [5.74, 6) is 0.364. The molecule has 0 radical (unpaired) electrons. The van der Waals surface area contributed by atoms with Crippen molar-refractivity contribution in [3.8, 4) is 0 Å². The van der Waals surface area contributed by atoms with Crippen molar-refractivity contribution in [1.29, 1.82) is 0 Å². The summed E-state index contributed by atoms with van der Waals surface area (Å²) in [5, 5.41) is 3.42. The molecule has 0 spiro atoms. The number of carbonyl (C=O) groups is 1. The monoisotopic (exact) mass is 345 g/mol. The molecular formula is C15H21BrClNO. The Hall–Kier alpha value is -0.540. The van der Waals surface area contributed by atoms with Crippen LogP contribution in [0.5, 0.6) is 0 Å². The fourth-order valence-corrected chi connectivity index (χ4v) is 2.75. The van der Waals surface area contributed by atoms with Crippen LogP contribution >= 0.6 is 27.5 Å².